The van der Waals surface area contributed by atoms with Crippen molar-refractivity contribution in [2.24, 2.45) is 5.73 Å². The molecule has 1 amide bonds. The van der Waals surface area contributed by atoms with E-state index in [1.165, 1.54) is 0 Å². The maximum Gasteiger partial charge on any atom is 0.237 e. The molecular weight excluding hydrogens is 196 g/mol. The molecule has 0 bridgehead atoms. The van der Waals surface area contributed by atoms with Gasteiger partial charge in [0.15, 0.2) is 0 Å². The molecule has 1 rings (SSSR count). The van der Waals surface area contributed by atoms with E-state index in [0.717, 1.165) is 37.2 Å². The van der Waals surface area contributed by atoms with Crippen molar-refractivity contribution < 1.29 is 4.79 Å². The van der Waals surface area contributed by atoms with Gasteiger partial charge in [-0.15, -0.1) is 0 Å². The molecule has 3 nitrogen and oxygen atoms in total. The average Bonchev–Trinajstić information content (AvgIpc) is 2.19. The van der Waals surface area contributed by atoms with Gasteiger partial charge in [-0.3, -0.25) is 4.79 Å². The molecular formula is C10H20N2OS. The highest BCUT2D eigenvalue weighted by molar-refractivity contribution is 7.99. The largest absolute Gasteiger partial charge is 0.352 e. The lowest BCUT2D eigenvalue weighted by Crippen LogP contribution is -2.46. The highest BCUT2D eigenvalue weighted by Crippen LogP contribution is 2.16. The summed E-state index contributed by atoms with van der Waals surface area (Å²) in [6, 6.07) is 0.0567. The van der Waals surface area contributed by atoms with Crippen LogP contribution in [0, 0.1) is 0 Å². The van der Waals surface area contributed by atoms with Crippen LogP contribution in [0.15, 0.2) is 0 Å². The van der Waals surface area contributed by atoms with Crippen molar-refractivity contribution in [1.82, 2.24) is 5.32 Å². The third kappa shape index (κ3) is 3.88. The van der Waals surface area contributed by atoms with Gasteiger partial charge in [-0.25, -0.2) is 0 Å². The molecule has 14 heavy (non-hydrogen) atoms. The van der Waals surface area contributed by atoms with Crippen molar-refractivity contribution in [2.75, 3.05) is 11.5 Å². The normalized spacial score (nSPS) is 20.4. The predicted molar refractivity (Wildman–Crippen MR) is 61.4 cm³/mol. The van der Waals surface area contributed by atoms with Crippen molar-refractivity contribution in [3.63, 3.8) is 0 Å². The Bertz CT molecular complexity index is 181. The van der Waals surface area contributed by atoms with Gasteiger partial charge in [-0.2, -0.15) is 11.8 Å². The van der Waals surface area contributed by atoms with E-state index in [0.29, 0.717) is 6.04 Å². The Hall–Kier alpha value is -0.220. The zero-order chi connectivity index (χ0) is 10.4. The second-order valence-electron chi connectivity index (χ2n) is 3.79. The Labute approximate surface area is 90.2 Å². The molecule has 0 saturated carbocycles. The molecule has 1 heterocycles. The van der Waals surface area contributed by atoms with E-state index in [1.807, 2.05) is 18.7 Å². The molecule has 4 heteroatoms. The molecule has 1 aliphatic rings. The first kappa shape index (κ1) is 11.9. The summed E-state index contributed by atoms with van der Waals surface area (Å²) >= 11 is 1.96. The first-order valence-electron chi connectivity index (χ1n) is 5.37. The molecule has 1 aliphatic heterocycles. The first-order chi connectivity index (χ1) is 6.74. The van der Waals surface area contributed by atoms with Crippen LogP contribution in [-0.2, 0) is 4.79 Å². The van der Waals surface area contributed by atoms with Crippen molar-refractivity contribution in [1.29, 1.82) is 0 Å². The van der Waals surface area contributed by atoms with Crippen LogP contribution in [0.2, 0.25) is 0 Å². The molecule has 0 aliphatic carbocycles. The second-order valence-corrected chi connectivity index (χ2v) is 5.02. The number of thioether (sulfide) groups is 1. The van der Waals surface area contributed by atoms with Crippen LogP contribution in [0.25, 0.3) is 0 Å². The van der Waals surface area contributed by atoms with E-state index in [-0.39, 0.29) is 11.9 Å². The number of rotatable bonds is 4. The Kier molecular flexibility index (Phi) is 5.33. The molecule has 1 fully saturated rings. The summed E-state index contributed by atoms with van der Waals surface area (Å²) in [6.45, 7) is 2.05. The lowest BCUT2D eigenvalue weighted by atomic mass is 10.1. The molecule has 0 radical (unpaired) electrons. The van der Waals surface area contributed by atoms with Gasteiger partial charge in [-0.1, -0.05) is 13.3 Å². The quantitative estimate of drug-likeness (QED) is 0.740. The van der Waals surface area contributed by atoms with E-state index in [9.17, 15) is 4.79 Å². The predicted octanol–water partition coefficient (Wildman–Crippen LogP) is 1.13. The zero-order valence-corrected chi connectivity index (χ0v) is 9.61. The van der Waals surface area contributed by atoms with E-state index >= 15 is 0 Å². The van der Waals surface area contributed by atoms with Gasteiger partial charge in [0, 0.05) is 6.04 Å². The maximum atomic E-state index is 11.6. The topological polar surface area (TPSA) is 55.1 Å². The second kappa shape index (κ2) is 6.30. The van der Waals surface area contributed by atoms with Crippen molar-refractivity contribution in [2.45, 2.75) is 44.7 Å². The lowest BCUT2D eigenvalue weighted by molar-refractivity contribution is -0.123. The van der Waals surface area contributed by atoms with Crippen LogP contribution in [0.4, 0.5) is 0 Å². The van der Waals surface area contributed by atoms with E-state index in [1.54, 1.807) is 0 Å². The van der Waals surface area contributed by atoms with Crippen molar-refractivity contribution in [3.8, 4) is 0 Å². The van der Waals surface area contributed by atoms with Crippen molar-refractivity contribution in [3.05, 3.63) is 0 Å². The van der Waals surface area contributed by atoms with Gasteiger partial charge in [0.05, 0.1) is 6.04 Å². The highest BCUT2D eigenvalue weighted by atomic mass is 32.2. The molecule has 82 valence electrons. The van der Waals surface area contributed by atoms with E-state index < -0.39 is 0 Å². The van der Waals surface area contributed by atoms with Crippen LogP contribution < -0.4 is 11.1 Å². The smallest absolute Gasteiger partial charge is 0.237 e. The maximum absolute atomic E-state index is 11.6. The number of nitrogens with one attached hydrogen (secondary N) is 1. The van der Waals surface area contributed by atoms with Crippen molar-refractivity contribution >= 4 is 17.7 Å². The third-order valence-electron chi connectivity index (χ3n) is 2.50. The zero-order valence-electron chi connectivity index (χ0n) is 8.79. The summed E-state index contributed by atoms with van der Waals surface area (Å²) in [6.07, 6.45) is 3.94. The van der Waals surface area contributed by atoms with Gasteiger partial charge in [0.25, 0.3) is 0 Å². The lowest BCUT2D eigenvalue weighted by Gasteiger charge is -2.24. The monoisotopic (exact) mass is 216 g/mol. The number of carbonyl (C=O) groups excluding carboxylic acids is 1. The van der Waals surface area contributed by atoms with Crippen LogP contribution in [-0.4, -0.2) is 29.5 Å². The Morgan fingerprint density at radius 1 is 1.57 bits per heavy atom. The highest BCUT2D eigenvalue weighted by Gasteiger charge is 2.19. The molecule has 0 aromatic carbocycles. The average molecular weight is 216 g/mol. The summed E-state index contributed by atoms with van der Waals surface area (Å²) in [4.78, 5) is 11.6. The van der Waals surface area contributed by atoms with Crippen LogP contribution >= 0.6 is 11.8 Å². The van der Waals surface area contributed by atoms with Gasteiger partial charge in [0.2, 0.25) is 5.91 Å². The van der Waals surface area contributed by atoms with Gasteiger partial charge < -0.3 is 11.1 Å². The fourth-order valence-corrected chi connectivity index (χ4v) is 2.70. The SMILES string of the molecule is CCC[C@@H](N)C(=O)NC1CCSCC1. The van der Waals surface area contributed by atoms with Crippen LogP contribution in [0.1, 0.15) is 32.6 Å². The molecule has 1 saturated heterocycles. The standard InChI is InChI=1S/C10H20N2OS/c1-2-3-9(11)10(13)12-8-4-6-14-7-5-8/h8-9H,2-7,11H2,1H3,(H,12,13)/t9-/m1/s1. The Balaban J connectivity index is 2.24. The number of hydrogen-bond donors (Lipinski definition) is 2. The van der Waals surface area contributed by atoms with E-state index in [2.05, 4.69) is 5.32 Å². The number of carbonyl (C=O) groups is 1. The van der Waals surface area contributed by atoms with Gasteiger partial charge in [0.1, 0.15) is 0 Å². The third-order valence-corrected chi connectivity index (χ3v) is 3.55. The molecule has 3 N–H and O–H groups in total. The van der Waals surface area contributed by atoms with E-state index in [4.69, 9.17) is 5.73 Å². The molecule has 0 unspecified atom stereocenters. The minimum Gasteiger partial charge on any atom is -0.352 e. The van der Waals surface area contributed by atoms with Gasteiger partial charge in [-0.05, 0) is 30.8 Å². The molecule has 0 aromatic heterocycles. The molecule has 0 aromatic rings. The summed E-state index contributed by atoms with van der Waals surface area (Å²) < 4.78 is 0. The summed E-state index contributed by atoms with van der Waals surface area (Å²) in [7, 11) is 0. The Morgan fingerprint density at radius 2 is 2.21 bits per heavy atom. The fourth-order valence-electron chi connectivity index (χ4n) is 1.59. The minimum atomic E-state index is -0.311. The fraction of sp³-hybridized carbons (Fsp3) is 0.900. The number of hydrogen-bond acceptors (Lipinski definition) is 3. The Morgan fingerprint density at radius 3 is 2.79 bits per heavy atom. The van der Waals surface area contributed by atoms with Gasteiger partial charge >= 0.3 is 0 Å². The molecule has 0 spiro atoms. The number of amides is 1. The summed E-state index contributed by atoms with van der Waals surface area (Å²) in [5, 5.41) is 3.03. The number of nitrogens with two attached hydrogens (primary N) is 1. The minimum absolute atomic E-state index is 0.0313. The summed E-state index contributed by atoms with van der Waals surface area (Å²) in [5.41, 5.74) is 5.73. The summed E-state index contributed by atoms with van der Waals surface area (Å²) in [5.74, 6) is 2.35. The molecule has 1 atom stereocenters. The first-order valence-corrected chi connectivity index (χ1v) is 6.53. The van der Waals surface area contributed by atoms with Crippen LogP contribution in [0.3, 0.4) is 0 Å². The van der Waals surface area contributed by atoms with Crippen LogP contribution in [0.5, 0.6) is 0 Å².